The lowest BCUT2D eigenvalue weighted by Gasteiger charge is -2.28. The minimum Gasteiger partial charge on any atom is -0.392 e. The normalized spacial score (nSPS) is 16.0. The Morgan fingerprint density at radius 2 is 1.77 bits per heavy atom. The average Bonchev–Trinajstić information content (AvgIpc) is 2.54. The van der Waals surface area contributed by atoms with E-state index in [4.69, 9.17) is 5.11 Å². The van der Waals surface area contributed by atoms with E-state index in [1.54, 1.807) is 12.1 Å². The van der Waals surface area contributed by atoms with Gasteiger partial charge >= 0.3 is 11.8 Å². The van der Waals surface area contributed by atoms with Crippen molar-refractivity contribution in [3.63, 3.8) is 0 Å². The molecular weight excluding hydrogens is 282 g/mol. The van der Waals surface area contributed by atoms with E-state index in [0.717, 1.165) is 18.8 Å². The Morgan fingerprint density at radius 3 is 2.36 bits per heavy atom. The highest BCUT2D eigenvalue weighted by molar-refractivity contribution is 6.39. The number of carbonyl (C=O) groups is 2. The van der Waals surface area contributed by atoms with Crippen molar-refractivity contribution in [1.29, 1.82) is 0 Å². The number of piperidine rings is 1. The predicted octanol–water partition coefficient (Wildman–Crippen LogP) is 1.11. The molecule has 6 nitrogen and oxygen atoms in total. The zero-order valence-corrected chi connectivity index (χ0v) is 12.8. The summed E-state index contributed by atoms with van der Waals surface area (Å²) in [6.45, 7) is 3.72. The fourth-order valence-electron chi connectivity index (χ4n) is 2.42. The van der Waals surface area contributed by atoms with Crippen molar-refractivity contribution in [2.45, 2.75) is 32.3 Å². The van der Waals surface area contributed by atoms with Crippen molar-refractivity contribution in [2.24, 2.45) is 0 Å². The Labute approximate surface area is 130 Å². The lowest BCUT2D eigenvalue weighted by atomic mass is 10.1. The molecule has 1 atom stereocenters. The first kappa shape index (κ1) is 16.3. The Hall–Kier alpha value is -2.08. The fourth-order valence-corrected chi connectivity index (χ4v) is 2.42. The maximum Gasteiger partial charge on any atom is 0.313 e. The van der Waals surface area contributed by atoms with Crippen LogP contribution in [-0.4, -0.2) is 42.7 Å². The van der Waals surface area contributed by atoms with Gasteiger partial charge in [0, 0.05) is 31.0 Å². The molecule has 2 rings (SSSR count). The van der Waals surface area contributed by atoms with E-state index in [2.05, 4.69) is 15.5 Å². The van der Waals surface area contributed by atoms with Gasteiger partial charge in [-0.1, -0.05) is 0 Å². The van der Waals surface area contributed by atoms with Crippen LogP contribution < -0.4 is 15.5 Å². The molecule has 1 aromatic carbocycles. The number of nitrogens with zero attached hydrogens (tertiary/aromatic N) is 1. The van der Waals surface area contributed by atoms with Crippen molar-refractivity contribution in [3.05, 3.63) is 24.3 Å². The van der Waals surface area contributed by atoms with E-state index in [-0.39, 0.29) is 6.54 Å². The Kier molecular flexibility index (Phi) is 5.77. The lowest BCUT2D eigenvalue weighted by Crippen LogP contribution is -2.38. The van der Waals surface area contributed by atoms with Gasteiger partial charge in [-0.15, -0.1) is 0 Å². The summed E-state index contributed by atoms with van der Waals surface area (Å²) in [5, 5.41) is 14.0. The second kappa shape index (κ2) is 7.79. The highest BCUT2D eigenvalue weighted by atomic mass is 16.3. The van der Waals surface area contributed by atoms with E-state index in [1.807, 2.05) is 12.1 Å². The van der Waals surface area contributed by atoms with Gasteiger partial charge in [-0.25, -0.2) is 0 Å². The minimum absolute atomic E-state index is 0.0557. The fraction of sp³-hybridized carbons (Fsp3) is 0.500. The molecule has 0 aliphatic carbocycles. The summed E-state index contributed by atoms with van der Waals surface area (Å²) in [6.07, 6.45) is 3.02. The number of aliphatic hydroxyl groups excluding tert-OH is 1. The van der Waals surface area contributed by atoms with E-state index < -0.39 is 17.9 Å². The first-order valence-corrected chi connectivity index (χ1v) is 7.68. The predicted molar refractivity (Wildman–Crippen MR) is 85.8 cm³/mol. The SMILES string of the molecule is CC(O)CNC(=O)C(=O)Nc1ccc(N2CCCCC2)cc1. The van der Waals surface area contributed by atoms with Crippen LogP contribution in [0.5, 0.6) is 0 Å². The number of amides is 2. The summed E-state index contributed by atoms with van der Waals surface area (Å²) in [4.78, 5) is 25.5. The van der Waals surface area contributed by atoms with Gasteiger partial charge in [0.15, 0.2) is 0 Å². The molecule has 1 saturated heterocycles. The highest BCUT2D eigenvalue weighted by Gasteiger charge is 2.15. The number of hydrogen-bond acceptors (Lipinski definition) is 4. The Morgan fingerprint density at radius 1 is 1.14 bits per heavy atom. The van der Waals surface area contributed by atoms with Gasteiger partial charge in [-0.3, -0.25) is 9.59 Å². The second-order valence-corrected chi connectivity index (χ2v) is 5.61. The summed E-state index contributed by atoms with van der Waals surface area (Å²) in [5.41, 5.74) is 1.72. The molecule has 1 aliphatic heterocycles. The molecule has 3 N–H and O–H groups in total. The van der Waals surface area contributed by atoms with Crippen LogP contribution in [0.2, 0.25) is 0 Å². The molecule has 1 aliphatic rings. The summed E-state index contributed by atoms with van der Waals surface area (Å²) < 4.78 is 0. The third-order valence-electron chi connectivity index (χ3n) is 3.61. The minimum atomic E-state index is -0.749. The molecule has 0 spiro atoms. The van der Waals surface area contributed by atoms with Crippen LogP contribution in [0, 0.1) is 0 Å². The van der Waals surface area contributed by atoms with Crippen LogP contribution in [0.25, 0.3) is 0 Å². The quantitative estimate of drug-likeness (QED) is 0.728. The Bertz CT molecular complexity index is 508. The molecule has 0 saturated carbocycles. The van der Waals surface area contributed by atoms with Crippen LogP contribution in [0.1, 0.15) is 26.2 Å². The van der Waals surface area contributed by atoms with Gasteiger partial charge in [0.05, 0.1) is 6.10 Å². The molecule has 120 valence electrons. The molecule has 0 bridgehead atoms. The van der Waals surface area contributed by atoms with Gasteiger partial charge in [-0.05, 0) is 50.5 Å². The summed E-state index contributed by atoms with van der Waals surface area (Å²) in [7, 11) is 0. The number of nitrogens with one attached hydrogen (secondary N) is 2. The van der Waals surface area contributed by atoms with Gasteiger partial charge < -0.3 is 20.6 Å². The summed E-state index contributed by atoms with van der Waals surface area (Å²) in [5.74, 6) is -1.48. The van der Waals surface area contributed by atoms with E-state index >= 15 is 0 Å². The molecule has 2 amide bonds. The smallest absolute Gasteiger partial charge is 0.313 e. The van der Waals surface area contributed by atoms with Gasteiger partial charge in [0.25, 0.3) is 0 Å². The van der Waals surface area contributed by atoms with Crippen LogP contribution in [0.4, 0.5) is 11.4 Å². The van der Waals surface area contributed by atoms with Crippen molar-refractivity contribution in [1.82, 2.24) is 5.32 Å². The van der Waals surface area contributed by atoms with Crippen LogP contribution in [0.3, 0.4) is 0 Å². The van der Waals surface area contributed by atoms with Gasteiger partial charge in [0.2, 0.25) is 0 Å². The molecule has 1 fully saturated rings. The van der Waals surface area contributed by atoms with Crippen LogP contribution >= 0.6 is 0 Å². The number of aliphatic hydroxyl groups is 1. The van der Waals surface area contributed by atoms with Crippen molar-refractivity contribution in [2.75, 3.05) is 29.9 Å². The molecule has 1 unspecified atom stereocenters. The number of rotatable bonds is 4. The van der Waals surface area contributed by atoms with Crippen LogP contribution in [0.15, 0.2) is 24.3 Å². The lowest BCUT2D eigenvalue weighted by molar-refractivity contribution is -0.136. The summed E-state index contributed by atoms with van der Waals surface area (Å²) in [6, 6.07) is 7.50. The maximum atomic E-state index is 11.7. The second-order valence-electron chi connectivity index (χ2n) is 5.61. The number of hydrogen-bond donors (Lipinski definition) is 3. The van der Waals surface area contributed by atoms with Gasteiger partial charge in [0.1, 0.15) is 0 Å². The number of carbonyl (C=O) groups excluding carboxylic acids is 2. The third kappa shape index (κ3) is 4.73. The number of benzene rings is 1. The van der Waals surface area contributed by atoms with E-state index in [9.17, 15) is 9.59 Å². The zero-order chi connectivity index (χ0) is 15.9. The zero-order valence-electron chi connectivity index (χ0n) is 12.8. The summed E-state index contributed by atoms with van der Waals surface area (Å²) >= 11 is 0. The maximum absolute atomic E-state index is 11.7. The molecule has 0 aromatic heterocycles. The topological polar surface area (TPSA) is 81.7 Å². The van der Waals surface area contributed by atoms with Crippen molar-refractivity contribution in [3.8, 4) is 0 Å². The van der Waals surface area contributed by atoms with E-state index in [1.165, 1.54) is 26.2 Å². The first-order valence-electron chi connectivity index (χ1n) is 7.68. The number of anilines is 2. The molecular formula is C16H23N3O3. The van der Waals surface area contributed by atoms with Crippen LogP contribution in [-0.2, 0) is 9.59 Å². The monoisotopic (exact) mass is 305 g/mol. The Balaban J connectivity index is 1.87. The first-order chi connectivity index (χ1) is 10.6. The molecule has 1 heterocycles. The molecule has 22 heavy (non-hydrogen) atoms. The standard InChI is InChI=1S/C16H23N3O3/c1-12(20)11-17-15(21)16(22)18-13-5-7-14(8-6-13)19-9-3-2-4-10-19/h5-8,12,20H,2-4,9-11H2,1H3,(H,17,21)(H,18,22). The molecule has 0 radical (unpaired) electrons. The van der Waals surface area contributed by atoms with Crippen molar-refractivity contribution >= 4 is 23.2 Å². The highest BCUT2D eigenvalue weighted by Crippen LogP contribution is 2.21. The van der Waals surface area contributed by atoms with E-state index in [0.29, 0.717) is 5.69 Å². The molecule has 6 heteroatoms. The van der Waals surface area contributed by atoms with Gasteiger partial charge in [-0.2, -0.15) is 0 Å². The van der Waals surface area contributed by atoms with Crippen molar-refractivity contribution < 1.29 is 14.7 Å². The largest absolute Gasteiger partial charge is 0.392 e. The third-order valence-corrected chi connectivity index (χ3v) is 3.61. The average molecular weight is 305 g/mol. The molecule has 1 aromatic rings.